The highest BCUT2D eigenvalue weighted by Gasteiger charge is 2.19. The molecule has 4 aromatic rings. The molecule has 0 aliphatic heterocycles. The smallest absolute Gasteiger partial charge is 0.323 e. The molecule has 0 fully saturated rings. The number of carbonyl (C=O) groups is 1. The van der Waals surface area contributed by atoms with Gasteiger partial charge in [0.25, 0.3) is 10.0 Å². The Kier molecular flexibility index (Phi) is 5.40. The Morgan fingerprint density at radius 1 is 1.13 bits per heavy atom. The molecule has 0 unspecified atom stereocenters. The molecule has 3 heterocycles. The summed E-state index contributed by atoms with van der Waals surface area (Å²) in [6.45, 7) is 1.81. The van der Waals surface area contributed by atoms with Crippen molar-refractivity contribution < 1.29 is 18.3 Å². The van der Waals surface area contributed by atoms with E-state index in [-0.39, 0.29) is 11.4 Å². The van der Waals surface area contributed by atoms with Crippen LogP contribution in [0.4, 0.5) is 0 Å². The van der Waals surface area contributed by atoms with Gasteiger partial charge in [-0.1, -0.05) is 6.92 Å². The van der Waals surface area contributed by atoms with Crippen LogP contribution in [0.15, 0.2) is 77.0 Å². The van der Waals surface area contributed by atoms with Gasteiger partial charge in [-0.05, 0) is 48.2 Å². The molecule has 7 nitrogen and oxygen atoms in total. The first-order valence-electron chi connectivity index (χ1n) is 9.22. The molecule has 0 radical (unpaired) electrons. The predicted octanol–water partition coefficient (Wildman–Crippen LogP) is 3.94. The van der Waals surface area contributed by atoms with Gasteiger partial charge in [0, 0.05) is 46.2 Å². The second-order valence-electron chi connectivity index (χ2n) is 6.58. The highest BCUT2D eigenvalue weighted by molar-refractivity contribution is 7.99. The van der Waals surface area contributed by atoms with E-state index >= 15 is 0 Å². The van der Waals surface area contributed by atoms with Gasteiger partial charge < -0.3 is 9.67 Å². The molecule has 0 bridgehead atoms. The van der Waals surface area contributed by atoms with Crippen LogP contribution in [0.2, 0.25) is 0 Å². The molecule has 0 spiro atoms. The molecule has 0 atom stereocenters. The van der Waals surface area contributed by atoms with Gasteiger partial charge in [-0.3, -0.25) is 4.79 Å². The number of carboxylic acid groups (broad SMARTS) is 1. The van der Waals surface area contributed by atoms with Crippen LogP contribution in [-0.4, -0.2) is 38.8 Å². The number of aliphatic carboxylic acids is 1. The number of benzene rings is 1. The highest BCUT2D eigenvalue weighted by Crippen LogP contribution is 2.31. The quantitative estimate of drug-likeness (QED) is 0.437. The van der Waals surface area contributed by atoms with Crippen molar-refractivity contribution in [3.63, 3.8) is 0 Å². The maximum absolute atomic E-state index is 13.0. The van der Waals surface area contributed by atoms with Gasteiger partial charge in [0.2, 0.25) is 0 Å². The SMILES string of the molecule is CCSc1ccc(S(=O)(=O)n2ccc(-c3cn(CC(=O)O)c4ncccc34)c2)cc1. The second kappa shape index (κ2) is 8.00. The molecule has 4 rings (SSSR count). The average Bonchev–Trinajstić information content (AvgIpc) is 3.34. The second-order valence-corrected chi connectivity index (χ2v) is 9.76. The van der Waals surface area contributed by atoms with Crippen molar-refractivity contribution in [2.75, 3.05) is 5.75 Å². The van der Waals surface area contributed by atoms with Crippen molar-refractivity contribution in [1.29, 1.82) is 0 Å². The third-order valence-corrected chi connectivity index (χ3v) is 7.17. The fourth-order valence-corrected chi connectivity index (χ4v) is 5.16. The summed E-state index contributed by atoms with van der Waals surface area (Å²) in [7, 11) is -3.73. The molecule has 30 heavy (non-hydrogen) atoms. The molecule has 154 valence electrons. The van der Waals surface area contributed by atoms with Crippen LogP contribution in [0.5, 0.6) is 0 Å². The van der Waals surface area contributed by atoms with Crippen LogP contribution in [-0.2, 0) is 21.4 Å². The van der Waals surface area contributed by atoms with E-state index in [1.54, 1.807) is 65.1 Å². The van der Waals surface area contributed by atoms with Gasteiger partial charge in [0.05, 0.1) is 4.90 Å². The van der Waals surface area contributed by atoms with E-state index in [2.05, 4.69) is 4.98 Å². The molecular formula is C21H19N3O4S2. The number of hydrogen-bond donors (Lipinski definition) is 1. The number of thioether (sulfide) groups is 1. The third kappa shape index (κ3) is 3.73. The molecule has 0 amide bonds. The van der Waals surface area contributed by atoms with Crippen molar-refractivity contribution in [3.8, 4) is 11.1 Å². The fraction of sp³-hybridized carbons (Fsp3) is 0.143. The van der Waals surface area contributed by atoms with Gasteiger partial charge in [-0.2, -0.15) is 0 Å². The zero-order valence-electron chi connectivity index (χ0n) is 16.1. The lowest BCUT2D eigenvalue weighted by Crippen LogP contribution is -2.10. The Morgan fingerprint density at radius 3 is 2.60 bits per heavy atom. The minimum absolute atomic E-state index is 0.208. The maximum Gasteiger partial charge on any atom is 0.323 e. The Bertz CT molecular complexity index is 1320. The van der Waals surface area contributed by atoms with Crippen molar-refractivity contribution in [2.24, 2.45) is 0 Å². The molecular weight excluding hydrogens is 422 g/mol. The van der Waals surface area contributed by atoms with Gasteiger partial charge in [0.1, 0.15) is 12.2 Å². The number of aromatic nitrogens is 3. The van der Waals surface area contributed by atoms with E-state index in [1.807, 2.05) is 13.0 Å². The molecule has 9 heteroatoms. The van der Waals surface area contributed by atoms with E-state index in [4.69, 9.17) is 5.11 Å². The topological polar surface area (TPSA) is 94.2 Å². The van der Waals surface area contributed by atoms with Crippen LogP contribution < -0.4 is 0 Å². The Balaban J connectivity index is 1.73. The predicted molar refractivity (Wildman–Crippen MR) is 116 cm³/mol. The van der Waals surface area contributed by atoms with Crippen LogP contribution in [0.3, 0.4) is 0 Å². The molecule has 1 N–H and O–H groups in total. The van der Waals surface area contributed by atoms with Gasteiger partial charge in [-0.25, -0.2) is 17.4 Å². The standard InChI is InChI=1S/C21H19N3O4S2/c1-2-29-16-5-7-17(8-6-16)30(27,28)24-11-9-15(12-24)19-13-23(14-20(25)26)21-18(19)4-3-10-22-21/h3-13H,2,14H2,1H3,(H,25,26). The van der Waals surface area contributed by atoms with Gasteiger partial charge >= 0.3 is 5.97 Å². The van der Waals surface area contributed by atoms with E-state index < -0.39 is 16.0 Å². The summed E-state index contributed by atoms with van der Waals surface area (Å²) >= 11 is 1.65. The normalized spacial score (nSPS) is 11.8. The molecule has 0 aliphatic rings. The van der Waals surface area contributed by atoms with Crippen LogP contribution in [0.25, 0.3) is 22.2 Å². The number of pyridine rings is 1. The van der Waals surface area contributed by atoms with Gasteiger partial charge in [-0.15, -0.1) is 11.8 Å². The van der Waals surface area contributed by atoms with Crippen LogP contribution in [0, 0.1) is 0 Å². The number of nitrogens with zero attached hydrogens (tertiary/aromatic N) is 3. The number of hydrogen-bond acceptors (Lipinski definition) is 5. The lowest BCUT2D eigenvalue weighted by atomic mass is 10.1. The van der Waals surface area contributed by atoms with Gasteiger partial charge in [0.15, 0.2) is 0 Å². The lowest BCUT2D eigenvalue weighted by Gasteiger charge is -2.06. The van der Waals surface area contributed by atoms with Crippen molar-refractivity contribution >= 4 is 38.8 Å². The summed E-state index contributed by atoms with van der Waals surface area (Å²) in [6.07, 6.45) is 6.32. The summed E-state index contributed by atoms with van der Waals surface area (Å²) in [4.78, 5) is 16.7. The first-order valence-corrected chi connectivity index (χ1v) is 11.6. The van der Waals surface area contributed by atoms with Crippen LogP contribution in [0.1, 0.15) is 6.92 Å². The summed E-state index contributed by atoms with van der Waals surface area (Å²) in [5.41, 5.74) is 1.93. The molecule has 0 saturated carbocycles. The first kappa shape index (κ1) is 20.2. The van der Waals surface area contributed by atoms with Crippen molar-refractivity contribution in [1.82, 2.24) is 13.5 Å². The van der Waals surface area contributed by atoms with Crippen LogP contribution >= 0.6 is 11.8 Å². The Hall–Kier alpha value is -3.04. The molecule has 0 saturated heterocycles. The highest BCUT2D eigenvalue weighted by atomic mass is 32.2. The zero-order chi connectivity index (χ0) is 21.3. The lowest BCUT2D eigenvalue weighted by molar-refractivity contribution is -0.137. The Morgan fingerprint density at radius 2 is 1.90 bits per heavy atom. The average molecular weight is 442 g/mol. The molecule has 1 aromatic carbocycles. The summed E-state index contributed by atoms with van der Waals surface area (Å²) in [5.74, 6) is -0.0638. The number of rotatable bonds is 7. The van der Waals surface area contributed by atoms with Crippen molar-refractivity contribution in [3.05, 3.63) is 67.3 Å². The van der Waals surface area contributed by atoms with E-state index in [0.717, 1.165) is 21.6 Å². The summed E-state index contributed by atoms with van der Waals surface area (Å²) in [6, 6.07) is 12.1. The van der Waals surface area contributed by atoms with E-state index in [9.17, 15) is 13.2 Å². The summed E-state index contributed by atoms with van der Waals surface area (Å²) in [5, 5.41) is 9.92. The minimum atomic E-state index is -3.73. The third-order valence-electron chi connectivity index (χ3n) is 4.63. The zero-order valence-corrected chi connectivity index (χ0v) is 17.7. The van der Waals surface area contributed by atoms with E-state index in [0.29, 0.717) is 11.2 Å². The maximum atomic E-state index is 13.0. The monoisotopic (exact) mass is 441 g/mol. The largest absolute Gasteiger partial charge is 0.480 e. The van der Waals surface area contributed by atoms with Crippen molar-refractivity contribution in [2.45, 2.75) is 23.3 Å². The summed E-state index contributed by atoms with van der Waals surface area (Å²) < 4.78 is 28.8. The molecule has 3 aromatic heterocycles. The molecule has 0 aliphatic carbocycles. The fourth-order valence-electron chi connectivity index (χ4n) is 3.30. The number of fused-ring (bicyclic) bond motifs is 1. The number of carboxylic acids is 1. The first-order chi connectivity index (χ1) is 14.4. The minimum Gasteiger partial charge on any atom is -0.480 e. The Labute approximate surface area is 178 Å². The van der Waals surface area contributed by atoms with E-state index in [1.165, 1.54) is 16.4 Å².